The van der Waals surface area contributed by atoms with Crippen LogP contribution in [0.5, 0.6) is 0 Å². The lowest BCUT2D eigenvalue weighted by atomic mass is 9.81. The number of nitrogens with one attached hydrogen (secondary N) is 2. The van der Waals surface area contributed by atoms with Crippen molar-refractivity contribution in [1.29, 1.82) is 0 Å². The second kappa shape index (κ2) is 9.31. The Morgan fingerprint density at radius 1 is 1.29 bits per heavy atom. The maximum absolute atomic E-state index is 13.8. The van der Waals surface area contributed by atoms with Gasteiger partial charge in [0.25, 0.3) is 5.91 Å². The van der Waals surface area contributed by atoms with Crippen LogP contribution in [0.15, 0.2) is 23.0 Å². The lowest BCUT2D eigenvalue weighted by molar-refractivity contribution is -0.126. The van der Waals surface area contributed by atoms with Crippen molar-refractivity contribution < 1.29 is 23.0 Å². The molecule has 3 aromatic rings. The highest BCUT2D eigenvalue weighted by Gasteiger charge is 2.39. The molecule has 12 heteroatoms. The summed E-state index contributed by atoms with van der Waals surface area (Å²) in [5.41, 5.74) is 2.24. The Balaban J connectivity index is 1.41. The number of imidazole rings is 1. The molecule has 0 bridgehead atoms. The van der Waals surface area contributed by atoms with Crippen molar-refractivity contribution in [2.24, 2.45) is 11.8 Å². The number of fused-ring (bicyclic) bond motifs is 1. The maximum atomic E-state index is 13.8. The number of amides is 2. The molecule has 2 amide bonds. The molecule has 5 rings (SSSR count). The standard InChI is InChI=1S/C23H27F2N7O3/c1-13-19(31-35-30-13)22(34)28-20(14-6-8-23(24,25)9-7-14)17-12-32-18(27-17)5-4-16(29-32)11-15-3-2-10-26-21(15)33/h4-5,12,14-15,20H,2-3,6-11H2,1H3,(H,26,33)(H,28,34)/t15-,20+/m1/s1. The molecule has 0 aromatic carbocycles. The molecule has 10 nitrogen and oxygen atoms in total. The van der Waals surface area contributed by atoms with Gasteiger partial charge in [0.15, 0.2) is 11.3 Å². The second-order valence-corrected chi connectivity index (χ2v) is 9.47. The highest BCUT2D eigenvalue weighted by Crippen LogP contribution is 2.41. The first kappa shape index (κ1) is 23.3. The molecule has 1 aliphatic heterocycles. The Morgan fingerprint density at radius 2 is 2.09 bits per heavy atom. The van der Waals surface area contributed by atoms with Crippen LogP contribution in [-0.4, -0.2) is 49.2 Å². The van der Waals surface area contributed by atoms with Crippen LogP contribution in [0.25, 0.3) is 5.65 Å². The van der Waals surface area contributed by atoms with Gasteiger partial charge in [0, 0.05) is 31.7 Å². The van der Waals surface area contributed by atoms with E-state index < -0.39 is 17.9 Å². The van der Waals surface area contributed by atoms with E-state index in [-0.39, 0.29) is 49.1 Å². The molecule has 2 aliphatic rings. The summed E-state index contributed by atoms with van der Waals surface area (Å²) >= 11 is 0. The number of hydrogen-bond donors (Lipinski definition) is 2. The van der Waals surface area contributed by atoms with Crippen LogP contribution < -0.4 is 10.6 Å². The Bertz CT molecular complexity index is 1230. The van der Waals surface area contributed by atoms with Crippen LogP contribution in [-0.2, 0) is 11.2 Å². The Kier molecular flexibility index (Phi) is 6.20. The molecule has 0 radical (unpaired) electrons. The third kappa shape index (κ3) is 5.01. The van der Waals surface area contributed by atoms with E-state index in [0.717, 1.165) is 18.5 Å². The van der Waals surface area contributed by atoms with Crippen LogP contribution in [0.1, 0.15) is 72.1 Å². The van der Waals surface area contributed by atoms with Crippen LogP contribution in [0, 0.1) is 18.8 Å². The molecule has 35 heavy (non-hydrogen) atoms. The quantitative estimate of drug-likeness (QED) is 0.547. The molecule has 186 valence electrons. The number of halogens is 2. The molecular weight excluding hydrogens is 460 g/mol. The average molecular weight is 488 g/mol. The van der Waals surface area contributed by atoms with Crippen molar-refractivity contribution in [3.05, 3.63) is 41.1 Å². The number of piperidine rings is 1. The van der Waals surface area contributed by atoms with Crippen LogP contribution in [0.3, 0.4) is 0 Å². The topological polar surface area (TPSA) is 127 Å². The van der Waals surface area contributed by atoms with E-state index in [2.05, 4.69) is 35.7 Å². The largest absolute Gasteiger partial charge is 0.356 e. The number of nitrogens with zero attached hydrogens (tertiary/aromatic N) is 5. The zero-order valence-corrected chi connectivity index (χ0v) is 19.3. The Morgan fingerprint density at radius 3 is 2.80 bits per heavy atom. The lowest BCUT2D eigenvalue weighted by Crippen LogP contribution is -2.37. The average Bonchev–Trinajstić information content (AvgIpc) is 3.45. The third-order valence-electron chi connectivity index (χ3n) is 6.95. The predicted octanol–water partition coefficient (Wildman–Crippen LogP) is 2.79. The summed E-state index contributed by atoms with van der Waals surface area (Å²) in [5.74, 6) is -3.50. The number of hydrogen-bond acceptors (Lipinski definition) is 7. The van der Waals surface area contributed by atoms with Gasteiger partial charge in [-0.2, -0.15) is 5.10 Å². The van der Waals surface area contributed by atoms with Gasteiger partial charge >= 0.3 is 0 Å². The van der Waals surface area contributed by atoms with Gasteiger partial charge < -0.3 is 10.6 Å². The van der Waals surface area contributed by atoms with Gasteiger partial charge in [0.05, 0.1) is 23.6 Å². The van der Waals surface area contributed by atoms with E-state index in [1.807, 2.05) is 12.1 Å². The Labute approximate surface area is 199 Å². The minimum atomic E-state index is -2.70. The first-order chi connectivity index (χ1) is 16.8. The number of rotatable bonds is 6. The molecule has 2 N–H and O–H groups in total. The summed E-state index contributed by atoms with van der Waals surface area (Å²) in [6.07, 6.45) is 4.00. The first-order valence-electron chi connectivity index (χ1n) is 11.9. The number of aryl methyl sites for hydroxylation is 1. The van der Waals surface area contributed by atoms with Crippen molar-refractivity contribution in [3.8, 4) is 0 Å². The molecule has 1 saturated carbocycles. The van der Waals surface area contributed by atoms with Crippen molar-refractivity contribution in [3.63, 3.8) is 0 Å². The van der Waals surface area contributed by atoms with Gasteiger partial charge in [0.2, 0.25) is 11.8 Å². The van der Waals surface area contributed by atoms with Gasteiger partial charge in [-0.15, -0.1) is 0 Å². The number of aromatic nitrogens is 5. The normalized spacial score (nSPS) is 21.6. The molecule has 0 spiro atoms. The van der Waals surface area contributed by atoms with Crippen LogP contribution >= 0.6 is 0 Å². The van der Waals surface area contributed by atoms with E-state index in [4.69, 9.17) is 0 Å². The number of alkyl halides is 2. The molecule has 1 saturated heterocycles. The zero-order chi connectivity index (χ0) is 24.6. The highest BCUT2D eigenvalue weighted by molar-refractivity contribution is 5.93. The summed E-state index contributed by atoms with van der Waals surface area (Å²) in [5, 5.41) is 17.7. The highest BCUT2D eigenvalue weighted by atomic mass is 19.3. The van der Waals surface area contributed by atoms with Crippen molar-refractivity contribution in [1.82, 2.24) is 35.5 Å². The number of carbonyl (C=O) groups is 2. The van der Waals surface area contributed by atoms with Gasteiger partial charge in [0.1, 0.15) is 5.69 Å². The molecule has 4 heterocycles. The molecular formula is C23H27F2N7O3. The Hall–Kier alpha value is -3.44. The predicted molar refractivity (Wildman–Crippen MR) is 119 cm³/mol. The lowest BCUT2D eigenvalue weighted by Gasteiger charge is -2.33. The summed E-state index contributed by atoms with van der Waals surface area (Å²) in [6.45, 7) is 2.31. The third-order valence-corrected chi connectivity index (χ3v) is 6.95. The first-order valence-corrected chi connectivity index (χ1v) is 11.9. The summed E-state index contributed by atoms with van der Waals surface area (Å²) in [6, 6.07) is 3.04. The van der Waals surface area contributed by atoms with E-state index in [9.17, 15) is 18.4 Å². The van der Waals surface area contributed by atoms with Crippen LogP contribution in [0.2, 0.25) is 0 Å². The van der Waals surface area contributed by atoms with Gasteiger partial charge in [-0.3, -0.25) is 9.59 Å². The van der Waals surface area contributed by atoms with Crippen molar-refractivity contribution in [2.45, 2.75) is 63.8 Å². The monoisotopic (exact) mass is 487 g/mol. The van der Waals surface area contributed by atoms with Crippen molar-refractivity contribution in [2.75, 3.05) is 6.54 Å². The van der Waals surface area contributed by atoms with Gasteiger partial charge in [-0.05, 0) is 55.8 Å². The fourth-order valence-electron chi connectivity index (χ4n) is 4.96. The molecule has 2 atom stereocenters. The second-order valence-electron chi connectivity index (χ2n) is 9.47. The van der Waals surface area contributed by atoms with E-state index >= 15 is 0 Å². The van der Waals surface area contributed by atoms with Crippen molar-refractivity contribution >= 4 is 17.5 Å². The van der Waals surface area contributed by atoms with Crippen LogP contribution in [0.4, 0.5) is 8.78 Å². The van der Waals surface area contributed by atoms with E-state index in [1.165, 1.54) is 0 Å². The van der Waals surface area contributed by atoms with E-state index in [1.54, 1.807) is 17.6 Å². The van der Waals surface area contributed by atoms with Gasteiger partial charge in [-0.1, -0.05) is 5.16 Å². The fourth-order valence-corrected chi connectivity index (χ4v) is 4.96. The summed E-state index contributed by atoms with van der Waals surface area (Å²) in [4.78, 5) is 29.7. The summed E-state index contributed by atoms with van der Waals surface area (Å²) < 4.78 is 33.9. The SMILES string of the molecule is Cc1nonc1C(=O)N[C@H](c1cn2nc(C[C@H]3CCCNC3=O)ccc2n1)C1CCC(F)(F)CC1. The fraction of sp³-hybridized carbons (Fsp3) is 0.565. The smallest absolute Gasteiger partial charge is 0.276 e. The molecule has 3 aromatic heterocycles. The molecule has 1 aliphatic carbocycles. The maximum Gasteiger partial charge on any atom is 0.276 e. The zero-order valence-electron chi connectivity index (χ0n) is 19.3. The minimum Gasteiger partial charge on any atom is -0.356 e. The molecule has 2 fully saturated rings. The summed E-state index contributed by atoms with van der Waals surface area (Å²) in [7, 11) is 0. The van der Waals surface area contributed by atoms with Gasteiger partial charge in [-0.25, -0.2) is 22.9 Å². The molecule has 0 unspecified atom stereocenters. The number of carbonyl (C=O) groups excluding carboxylic acids is 2. The van der Waals surface area contributed by atoms with E-state index in [0.29, 0.717) is 30.0 Å². The minimum absolute atomic E-state index is 0.0407.